The molecular weight excluding hydrogens is 747 g/mol. The number of aliphatic carboxylic acids is 1. The zero-order valence-electron chi connectivity index (χ0n) is 40.2. The molecule has 0 aliphatic carbocycles. The minimum Gasteiger partial charge on any atom is -0.479 e. The maximum Gasteiger partial charge on any atom is 0.332 e. The number of carboxylic acid groups (broad SMARTS) is 1. The van der Waals surface area contributed by atoms with Crippen molar-refractivity contribution in [1.29, 1.82) is 0 Å². The number of hydrogen-bond donors (Lipinski definition) is 5. The quantitative estimate of drug-likeness (QED) is 0.0381. The number of carbonyl (C=O) groups excluding carboxylic acids is 1. The van der Waals surface area contributed by atoms with Gasteiger partial charge in [0.15, 0.2) is 6.10 Å². The molecular formula is C51H105N5O4. The van der Waals surface area contributed by atoms with E-state index in [1.807, 2.05) is 4.90 Å². The summed E-state index contributed by atoms with van der Waals surface area (Å²) >= 11 is 0. The van der Waals surface area contributed by atoms with Crippen LogP contribution in [0.25, 0.3) is 0 Å². The van der Waals surface area contributed by atoms with E-state index in [1.54, 1.807) is 0 Å². The van der Waals surface area contributed by atoms with Crippen LogP contribution in [0.1, 0.15) is 251 Å². The summed E-state index contributed by atoms with van der Waals surface area (Å²) in [7, 11) is 0. The lowest BCUT2D eigenvalue weighted by atomic mass is 10.0. The van der Waals surface area contributed by atoms with E-state index in [2.05, 4.69) is 24.5 Å². The minimum absolute atomic E-state index is 0.0182. The first-order valence-corrected chi connectivity index (χ1v) is 26.5. The van der Waals surface area contributed by atoms with Crippen molar-refractivity contribution in [2.45, 2.75) is 264 Å². The minimum atomic E-state index is -1.03. The smallest absolute Gasteiger partial charge is 0.332 e. The number of amides is 1. The largest absolute Gasteiger partial charge is 0.479 e. The van der Waals surface area contributed by atoms with Gasteiger partial charge in [-0.25, -0.2) is 4.79 Å². The Morgan fingerprint density at radius 2 is 0.850 bits per heavy atom. The second kappa shape index (κ2) is 48.8. The summed E-state index contributed by atoms with van der Waals surface area (Å²) in [5, 5.41) is 17.0. The second-order valence-corrected chi connectivity index (χ2v) is 18.2. The van der Waals surface area contributed by atoms with Gasteiger partial charge in [0.25, 0.3) is 0 Å². The number of carboxylic acids is 1. The molecule has 0 aromatic rings. The van der Waals surface area contributed by atoms with Crippen LogP contribution in [0.5, 0.6) is 0 Å². The topological polar surface area (TPSA) is 143 Å². The third kappa shape index (κ3) is 42.1. The van der Waals surface area contributed by atoms with Crippen molar-refractivity contribution in [1.82, 2.24) is 15.5 Å². The Labute approximate surface area is 373 Å². The first-order valence-electron chi connectivity index (χ1n) is 26.5. The van der Waals surface area contributed by atoms with E-state index in [0.29, 0.717) is 19.5 Å². The van der Waals surface area contributed by atoms with Gasteiger partial charge in [-0.15, -0.1) is 0 Å². The zero-order chi connectivity index (χ0) is 43.8. The number of ether oxygens (including phenoxy) is 1. The van der Waals surface area contributed by atoms with Crippen molar-refractivity contribution >= 4 is 11.9 Å². The summed E-state index contributed by atoms with van der Waals surface area (Å²) in [6.07, 6.45) is 45.3. The third-order valence-electron chi connectivity index (χ3n) is 12.4. The first kappa shape index (κ1) is 58.7. The Hall–Kier alpha value is -1.26. The van der Waals surface area contributed by atoms with Crippen LogP contribution in [0.3, 0.4) is 0 Å². The molecule has 2 unspecified atom stereocenters. The van der Waals surface area contributed by atoms with Gasteiger partial charge in [-0.1, -0.05) is 206 Å². The molecule has 9 nitrogen and oxygen atoms in total. The Morgan fingerprint density at radius 1 is 0.500 bits per heavy atom. The van der Waals surface area contributed by atoms with Crippen LogP contribution in [0, 0.1) is 0 Å². The lowest BCUT2D eigenvalue weighted by Gasteiger charge is -2.26. The standard InChI is InChI=1S/C51H105N5O4/c1-3-5-7-9-11-13-15-17-19-21-23-25-27-29-31-33-44-56(45-34-32-30-28-26-24-22-20-18-16-14-12-10-8-6-4-2)50(57)47-60-49(51(58)59)46-48(55-43-37-40-53)38-35-41-54-42-36-39-52/h48-49,54-55H,3-47,52-53H2,1-2H3,(H,58,59). The molecule has 0 aliphatic rings. The predicted molar refractivity (Wildman–Crippen MR) is 259 cm³/mol. The second-order valence-electron chi connectivity index (χ2n) is 18.2. The highest BCUT2D eigenvalue weighted by Gasteiger charge is 2.25. The van der Waals surface area contributed by atoms with Crippen LogP contribution in [0.15, 0.2) is 0 Å². The maximum atomic E-state index is 13.6. The summed E-state index contributed by atoms with van der Waals surface area (Å²) in [4.78, 5) is 27.9. The molecule has 0 aromatic carbocycles. The van der Waals surface area contributed by atoms with Crippen molar-refractivity contribution in [2.75, 3.05) is 52.4 Å². The van der Waals surface area contributed by atoms with E-state index in [9.17, 15) is 14.7 Å². The zero-order valence-corrected chi connectivity index (χ0v) is 40.2. The van der Waals surface area contributed by atoms with Gasteiger partial charge in [0, 0.05) is 19.1 Å². The van der Waals surface area contributed by atoms with Crippen molar-refractivity contribution in [3.8, 4) is 0 Å². The fraction of sp³-hybridized carbons (Fsp3) is 0.961. The molecule has 1 amide bonds. The molecule has 0 saturated carbocycles. The van der Waals surface area contributed by atoms with Crippen LogP contribution in [0.4, 0.5) is 0 Å². The van der Waals surface area contributed by atoms with Crippen LogP contribution in [-0.2, 0) is 14.3 Å². The fourth-order valence-corrected chi connectivity index (χ4v) is 8.36. The third-order valence-corrected chi connectivity index (χ3v) is 12.4. The SMILES string of the molecule is CCCCCCCCCCCCCCCCCCN(CCCCCCCCCCCCCCCCCC)C(=O)COC(CC(CCCNCCCN)NCCCN)C(=O)O. The highest BCUT2D eigenvalue weighted by molar-refractivity contribution is 5.78. The Bertz CT molecular complexity index is 844. The molecule has 358 valence electrons. The molecule has 0 rings (SSSR count). The highest BCUT2D eigenvalue weighted by atomic mass is 16.5. The molecule has 0 spiro atoms. The molecule has 9 heteroatoms. The fourth-order valence-electron chi connectivity index (χ4n) is 8.36. The van der Waals surface area contributed by atoms with Crippen LogP contribution in [0.2, 0.25) is 0 Å². The Morgan fingerprint density at radius 3 is 1.22 bits per heavy atom. The van der Waals surface area contributed by atoms with Gasteiger partial charge in [0.05, 0.1) is 0 Å². The average molecular weight is 852 g/mol. The predicted octanol–water partition coefficient (Wildman–Crippen LogP) is 12.2. The van der Waals surface area contributed by atoms with Gasteiger partial charge >= 0.3 is 5.97 Å². The molecule has 0 radical (unpaired) electrons. The average Bonchev–Trinajstić information content (AvgIpc) is 3.24. The molecule has 0 heterocycles. The van der Waals surface area contributed by atoms with Crippen LogP contribution in [-0.4, -0.2) is 86.4 Å². The van der Waals surface area contributed by atoms with E-state index >= 15 is 0 Å². The van der Waals surface area contributed by atoms with Crippen molar-refractivity contribution in [3.05, 3.63) is 0 Å². The highest BCUT2D eigenvalue weighted by Crippen LogP contribution is 2.17. The number of rotatable bonds is 51. The van der Waals surface area contributed by atoms with E-state index in [-0.39, 0.29) is 18.6 Å². The molecule has 0 aliphatic heterocycles. The van der Waals surface area contributed by atoms with Gasteiger partial charge < -0.3 is 36.8 Å². The lowest BCUT2D eigenvalue weighted by Crippen LogP contribution is -2.41. The normalized spacial score (nSPS) is 12.6. The summed E-state index contributed by atoms with van der Waals surface area (Å²) in [5.41, 5.74) is 11.3. The molecule has 7 N–H and O–H groups in total. The maximum absolute atomic E-state index is 13.6. The molecule has 60 heavy (non-hydrogen) atoms. The number of nitrogens with zero attached hydrogens (tertiary/aromatic N) is 1. The summed E-state index contributed by atoms with van der Waals surface area (Å²) in [5.74, 6) is -1.07. The number of nitrogens with two attached hydrogens (primary N) is 2. The number of nitrogens with one attached hydrogen (secondary N) is 2. The van der Waals surface area contributed by atoms with E-state index in [1.165, 1.54) is 180 Å². The molecule has 0 saturated heterocycles. The van der Waals surface area contributed by atoms with Crippen molar-refractivity contribution in [3.63, 3.8) is 0 Å². The van der Waals surface area contributed by atoms with E-state index < -0.39 is 12.1 Å². The summed E-state index contributed by atoms with van der Waals surface area (Å²) in [6.45, 7) is 9.60. The van der Waals surface area contributed by atoms with Gasteiger partial charge in [0.1, 0.15) is 6.61 Å². The van der Waals surface area contributed by atoms with Gasteiger partial charge in [0.2, 0.25) is 5.91 Å². The van der Waals surface area contributed by atoms with E-state index in [0.717, 1.165) is 84.1 Å². The summed E-state index contributed by atoms with van der Waals surface area (Å²) in [6, 6.07) is -0.0182. The first-order chi connectivity index (χ1) is 29.5. The van der Waals surface area contributed by atoms with Gasteiger partial charge in [-0.05, 0) is 77.7 Å². The Kier molecular flexibility index (Phi) is 47.7. The lowest BCUT2D eigenvalue weighted by molar-refractivity contribution is -0.155. The molecule has 2 atom stereocenters. The van der Waals surface area contributed by atoms with Gasteiger partial charge in [-0.3, -0.25) is 4.79 Å². The molecule has 0 fully saturated rings. The van der Waals surface area contributed by atoms with Crippen LogP contribution >= 0.6 is 0 Å². The van der Waals surface area contributed by atoms with Crippen molar-refractivity contribution in [2.24, 2.45) is 11.5 Å². The number of unbranched alkanes of at least 4 members (excludes halogenated alkanes) is 30. The van der Waals surface area contributed by atoms with Gasteiger partial charge in [-0.2, -0.15) is 0 Å². The number of carbonyl (C=O) groups is 2. The number of hydrogen-bond acceptors (Lipinski definition) is 7. The molecule has 0 aromatic heterocycles. The molecule has 0 bridgehead atoms. The monoisotopic (exact) mass is 852 g/mol. The van der Waals surface area contributed by atoms with Crippen molar-refractivity contribution < 1.29 is 19.4 Å². The Balaban J connectivity index is 4.73. The van der Waals surface area contributed by atoms with Crippen LogP contribution < -0.4 is 22.1 Å². The summed E-state index contributed by atoms with van der Waals surface area (Å²) < 4.78 is 5.92. The van der Waals surface area contributed by atoms with E-state index in [4.69, 9.17) is 16.2 Å².